The van der Waals surface area contributed by atoms with Gasteiger partial charge in [0, 0.05) is 12.3 Å². The van der Waals surface area contributed by atoms with E-state index >= 15 is 0 Å². The van der Waals surface area contributed by atoms with Crippen LogP contribution in [0.4, 0.5) is 5.69 Å². The minimum absolute atomic E-state index is 0.0901. The second-order valence-corrected chi connectivity index (χ2v) is 2.74. The minimum atomic E-state index is -0.524. The molecule has 0 radical (unpaired) electrons. The van der Waals surface area contributed by atoms with Gasteiger partial charge in [-0.15, -0.1) is 0 Å². The first-order valence-electron chi connectivity index (χ1n) is 3.89. The van der Waals surface area contributed by atoms with Crippen molar-refractivity contribution in [3.05, 3.63) is 40.6 Å². The lowest BCUT2D eigenvalue weighted by Crippen LogP contribution is -1.96. The number of nitro benzene ring substituents is 1. The Kier molecular flexibility index (Phi) is 1.78. The maximum absolute atomic E-state index is 11.3. The van der Waals surface area contributed by atoms with Crippen molar-refractivity contribution >= 4 is 16.6 Å². The van der Waals surface area contributed by atoms with Crippen molar-refractivity contribution in [3.8, 4) is 5.75 Å². The quantitative estimate of drug-likeness (QED) is 0.499. The van der Waals surface area contributed by atoms with Crippen LogP contribution in [0, 0.1) is 10.1 Å². The summed E-state index contributed by atoms with van der Waals surface area (Å²) in [6, 6.07) is 5.44. The van der Waals surface area contributed by atoms with Crippen LogP contribution in [0.3, 0.4) is 0 Å². The number of non-ortho nitro benzene ring substituents is 1. The van der Waals surface area contributed by atoms with Gasteiger partial charge in [-0.05, 0) is 12.1 Å². The van der Waals surface area contributed by atoms with Crippen molar-refractivity contribution < 1.29 is 10.0 Å². The molecule has 14 heavy (non-hydrogen) atoms. The molecule has 2 rings (SSSR count). The third-order valence-electron chi connectivity index (χ3n) is 1.91. The predicted octanol–water partition coefficient (Wildman–Crippen LogP) is 1.22. The summed E-state index contributed by atoms with van der Waals surface area (Å²) in [5.41, 5.74) is 0.0504. The van der Waals surface area contributed by atoms with E-state index in [4.69, 9.17) is 0 Å². The Labute approximate surface area is 78.8 Å². The van der Waals surface area contributed by atoms with Gasteiger partial charge in [0.2, 0.25) is 0 Å². The Morgan fingerprint density at radius 2 is 2.07 bits per heavy atom. The van der Waals surface area contributed by atoms with Crippen molar-refractivity contribution in [2.24, 2.45) is 0 Å². The van der Waals surface area contributed by atoms with Crippen molar-refractivity contribution in [1.29, 1.82) is 0 Å². The first-order chi connectivity index (χ1) is 6.70. The van der Waals surface area contributed by atoms with Crippen LogP contribution in [0.5, 0.6) is 5.75 Å². The van der Waals surface area contributed by atoms with Crippen LogP contribution in [-0.4, -0.2) is 9.91 Å². The number of benzene rings is 1. The number of hydrogen-bond acceptors (Lipinski definition) is 4. The molecular weight excluding hydrogens is 184 g/mol. The number of nitrogens with zero attached hydrogens (tertiary/aromatic N) is 2. The van der Waals surface area contributed by atoms with Crippen LogP contribution in [0.2, 0.25) is 0 Å². The van der Waals surface area contributed by atoms with E-state index in [1.54, 1.807) is 6.07 Å². The first-order valence-corrected chi connectivity index (χ1v) is 3.89. The molecule has 2 aromatic rings. The summed E-state index contributed by atoms with van der Waals surface area (Å²) in [5, 5.41) is 22.2. The van der Waals surface area contributed by atoms with Gasteiger partial charge in [0.1, 0.15) is 0 Å². The lowest BCUT2D eigenvalue weighted by Gasteiger charge is -2.08. The molecule has 0 amide bonds. The van der Waals surface area contributed by atoms with Gasteiger partial charge in [-0.3, -0.25) is 15.1 Å². The molecule has 0 fully saturated rings. The van der Waals surface area contributed by atoms with Crippen molar-refractivity contribution in [1.82, 2.24) is 4.98 Å². The zero-order valence-corrected chi connectivity index (χ0v) is 7.01. The number of rotatable bonds is 1. The third kappa shape index (κ3) is 1.15. The molecule has 0 aliphatic rings. The Morgan fingerprint density at radius 3 is 2.79 bits per heavy atom. The van der Waals surface area contributed by atoms with E-state index in [2.05, 4.69) is 4.98 Å². The SMILES string of the molecule is O=[N+]([O-])c1ccc([O-])c2ncccc12. The van der Waals surface area contributed by atoms with E-state index in [0.29, 0.717) is 0 Å². The van der Waals surface area contributed by atoms with Gasteiger partial charge in [-0.2, -0.15) is 0 Å². The summed E-state index contributed by atoms with van der Waals surface area (Å²) in [4.78, 5) is 13.9. The van der Waals surface area contributed by atoms with E-state index in [-0.39, 0.29) is 22.3 Å². The summed E-state index contributed by atoms with van der Waals surface area (Å²) in [6.07, 6.45) is 1.44. The van der Waals surface area contributed by atoms with E-state index < -0.39 is 4.92 Å². The normalized spacial score (nSPS) is 10.3. The van der Waals surface area contributed by atoms with Gasteiger partial charge < -0.3 is 5.11 Å². The van der Waals surface area contributed by atoms with Gasteiger partial charge in [0.15, 0.2) is 0 Å². The number of pyridine rings is 1. The summed E-state index contributed by atoms with van der Waals surface area (Å²) in [7, 11) is 0. The second-order valence-electron chi connectivity index (χ2n) is 2.74. The molecule has 0 aliphatic heterocycles. The molecule has 0 saturated heterocycles. The average molecular weight is 189 g/mol. The lowest BCUT2D eigenvalue weighted by molar-refractivity contribution is -0.383. The molecule has 1 aromatic heterocycles. The fourth-order valence-electron chi connectivity index (χ4n) is 1.29. The average Bonchev–Trinajstić information content (AvgIpc) is 2.18. The Bertz CT molecular complexity index is 510. The summed E-state index contributed by atoms with van der Waals surface area (Å²) in [5.74, 6) is -0.300. The van der Waals surface area contributed by atoms with Crippen LogP contribution >= 0.6 is 0 Å². The zero-order chi connectivity index (χ0) is 10.1. The largest absolute Gasteiger partial charge is 0.871 e. The maximum Gasteiger partial charge on any atom is 0.278 e. The van der Waals surface area contributed by atoms with E-state index in [9.17, 15) is 15.2 Å². The summed E-state index contributed by atoms with van der Waals surface area (Å²) >= 11 is 0. The molecule has 0 aliphatic carbocycles. The van der Waals surface area contributed by atoms with Gasteiger partial charge >= 0.3 is 0 Å². The lowest BCUT2D eigenvalue weighted by atomic mass is 10.2. The highest BCUT2D eigenvalue weighted by atomic mass is 16.6. The molecule has 0 unspecified atom stereocenters. The van der Waals surface area contributed by atoms with Crippen LogP contribution < -0.4 is 5.11 Å². The molecule has 5 nitrogen and oxygen atoms in total. The highest BCUT2D eigenvalue weighted by molar-refractivity contribution is 5.91. The molecule has 70 valence electrons. The monoisotopic (exact) mass is 189 g/mol. The molecule has 0 atom stereocenters. The molecule has 0 bridgehead atoms. The minimum Gasteiger partial charge on any atom is -0.871 e. The third-order valence-corrected chi connectivity index (χ3v) is 1.91. The highest BCUT2D eigenvalue weighted by Gasteiger charge is 2.11. The second kappa shape index (κ2) is 2.95. The molecule has 0 N–H and O–H groups in total. The smallest absolute Gasteiger partial charge is 0.278 e. The van der Waals surface area contributed by atoms with Gasteiger partial charge in [0.25, 0.3) is 5.69 Å². The van der Waals surface area contributed by atoms with Crippen molar-refractivity contribution in [2.75, 3.05) is 0 Å². The molecular formula is C9H5N2O3-. The number of nitro groups is 1. The predicted molar refractivity (Wildman–Crippen MR) is 47.8 cm³/mol. The van der Waals surface area contributed by atoms with Crippen LogP contribution in [0.25, 0.3) is 10.9 Å². The zero-order valence-electron chi connectivity index (χ0n) is 7.01. The summed E-state index contributed by atoms with van der Waals surface area (Å²) in [6.45, 7) is 0. The topological polar surface area (TPSA) is 79.1 Å². The maximum atomic E-state index is 11.3. The van der Waals surface area contributed by atoms with Gasteiger partial charge in [-0.25, -0.2) is 0 Å². The molecule has 0 saturated carbocycles. The summed E-state index contributed by atoms with van der Waals surface area (Å²) < 4.78 is 0. The fourth-order valence-corrected chi connectivity index (χ4v) is 1.29. The Hall–Kier alpha value is -2.17. The van der Waals surface area contributed by atoms with E-state index in [1.807, 2.05) is 0 Å². The first kappa shape index (κ1) is 8.43. The van der Waals surface area contributed by atoms with Crippen molar-refractivity contribution in [3.63, 3.8) is 0 Å². The molecule has 0 spiro atoms. The fraction of sp³-hybridized carbons (Fsp3) is 0. The van der Waals surface area contributed by atoms with Crippen molar-refractivity contribution in [2.45, 2.75) is 0 Å². The molecule has 5 heteroatoms. The van der Waals surface area contributed by atoms with E-state index in [0.717, 1.165) is 6.07 Å². The van der Waals surface area contributed by atoms with Gasteiger partial charge in [-0.1, -0.05) is 11.8 Å². The van der Waals surface area contributed by atoms with Crippen LogP contribution in [0.1, 0.15) is 0 Å². The number of hydrogen-bond donors (Lipinski definition) is 0. The number of aromatic nitrogens is 1. The van der Waals surface area contributed by atoms with E-state index in [1.165, 1.54) is 18.3 Å². The van der Waals surface area contributed by atoms with Gasteiger partial charge in [0.05, 0.1) is 15.8 Å². The molecule has 1 heterocycles. The van der Waals surface area contributed by atoms with Crippen LogP contribution in [-0.2, 0) is 0 Å². The highest BCUT2D eigenvalue weighted by Crippen LogP contribution is 2.28. The Balaban J connectivity index is 2.88. The molecule has 1 aromatic carbocycles. The van der Waals surface area contributed by atoms with Crippen LogP contribution in [0.15, 0.2) is 30.5 Å². The number of fused-ring (bicyclic) bond motifs is 1. The standard InChI is InChI=1S/C9H6N2O3/c12-8-4-3-7(11(13)14)6-2-1-5-10-9(6)8/h1-5,12H/p-1. The Morgan fingerprint density at radius 1 is 1.29 bits per heavy atom.